The number of hydrogen-bond donors (Lipinski definition) is 2. The lowest BCUT2D eigenvalue weighted by atomic mass is 10.0. The van der Waals surface area contributed by atoms with Crippen molar-refractivity contribution in [2.45, 2.75) is 33.2 Å². The van der Waals surface area contributed by atoms with Gasteiger partial charge in [-0.05, 0) is 54.6 Å². The van der Waals surface area contributed by atoms with Gasteiger partial charge in [0.05, 0.1) is 6.54 Å². The van der Waals surface area contributed by atoms with Gasteiger partial charge in [0, 0.05) is 26.2 Å². The van der Waals surface area contributed by atoms with E-state index in [9.17, 15) is 0 Å². The predicted octanol–water partition coefficient (Wildman–Crippen LogP) is 2.54. The van der Waals surface area contributed by atoms with Crippen LogP contribution in [-0.4, -0.2) is 43.6 Å². The van der Waals surface area contributed by atoms with E-state index >= 15 is 0 Å². The average Bonchev–Trinajstić information content (AvgIpc) is 2.98. The third-order valence-electron chi connectivity index (χ3n) is 3.81. The van der Waals surface area contributed by atoms with E-state index in [0.717, 1.165) is 38.1 Å². The molecular weight excluding hydrogens is 280 g/mol. The van der Waals surface area contributed by atoms with Crippen LogP contribution in [-0.2, 0) is 6.54 Å². The minimum absolute atomic E-state index is 0.750. The van der Waals surface area contributed by atoms with Gasteiger partial charge in [0.15, 0.2) is 5.96 Å². The Hall–Kier alpha value is -1.07. The highest BCUT2D eigenvalue weighted by atomic mass is 32.1. The van der Waals surface area contributed by atoms with Gasteiger partial charge in [-0.15, -0.1) is 0 Å². The summed E-state index contributed by atoms with van der Waals surface area (Å²) in [5.41, 5.74) is 1.28. The summed E-state index contributed by atoms with van der Waals surface area (Å²) in [4.78, 5) is 7.20. The van der Waals surface area contributed by atoms with E-state index in [1.807, 2.05) is 0 Å². The van der Waals surface area contributed by atoms with Gasteiger partial charge < -0.3 is 15.5 Å². The lowest BCUT2D eigenvalue weighted by Gasteiger charge is -2.30. The zero-order chi connectivity index (χ0) is 14.9. The summed E-state index contributed by atoms with van der Waals surface area (Å²) >= 11 is 1.72. The molecular formula is C16H28N4S. The van der Waals surface area contributed by atoms with Gasteiger partial charge in [-0.2, -0.15) is 11.3 Å². The van der Waals surface area contributed by atoms with Crippen molar-refractivity contribution >= 4 is 17.3 Å². The fraction of sp³-hybridized carbons (Fsp3) is 0.688. The number of likely N-dealkylation sites (tertiary alicyclic amines) is 1. The van der Waals surface area contributed by atoms with Crippen LogP contribution in [0.25, 0.3) is 0 Å². The van der Waals surface area contributed by atoms with Crippen molar-refractivity contribution in [3.8, 4) is 0 Å². The van der Waals surface area contributed by atoms with Crippen LogP contribution in [0, 0.1) is 5.92 Å². The summed E-state index contributed by atoms with van der Waals surface area (Å²) < 4.78 is 0. The topological polar surface area (TPSA) is 39.7 Å². The Morgan fingerprint density at radius 3 is 3.10 bits per heavy atom. The number of rotatable bonds is 6. The lowest BCUT2D eigenvalue weighted by Crippen LogP contribution is -2.43. The van der Waals surface area contributed by atoms with Crippen LogP contribution in [0.15, 0.2) is 21.8 Å². The van der Waals surface area contributed by atoms with Gasteiger partial charge in [-0.3, -0.25) is 0 Å². The van der Waals surface area contributed by atoms with E-state index in [-0.39, 0.29) is 0 Å². The molecule has 0 saturated carbocycles. The summed E-state index contributed by atoms with van der Waals surface area (Å²) in [5, 5.41) is 11.0. The first-order chi connectivity index (χ1) is 10.3. The van der Waals surface area contributed by atoms with E-state index in [1.54, 1.807) is 11.3 Å². The number of thiophene rings is 1. The maximum atomic E-state index is 4.64. The Balaban J connectivity index is 1.73. The molecule has 1 fully saturated rings. The number of hydrogen-bond acceptors (Lipinski definition) is 3. The largest absolute Gasteiger partial charge is 0.357 e. The maximum Gasteiger partial charge on any atom is 0.191 e. The SMILES string of the molecule is CCNC(=NCc1ccsc1)NCCN1CCCC(C)C1. The molecule has 0 spiro atoms. The molecule has 0 aromatic carbocycles. The van der Waals surface area contributed by atoms with E-state index in [2.05, 4.69) is 51.2 Å². The highest BCUT2D eigenvalue weighted by Crippen LogP contribution is 2.14. The molecule has 4 nitrogen and oxygen atoms in total. The van der Waals surface area contributed by atoms with Crippen LogP contribution in [0.2, 0.25) is 0 Å². The van der Waals surface area contributed by atoms with E-state index in [4.69, 9.17) is 0 Å². The molecule has 1 saturated heterocycles. The Morgan fingerprint density at radius 2 is 2.38 bits per heavy atom. The first kappa shape index (κ1) is 16.3. The minimum Gasteiger partial charge on any atom is -0.357 e. The summed E-state index contributed by atoms with van der Waals surface area (Å²) in [6, 6.07) is 2.13. The molecule has 2 heterocycles. The van der Waals surface area contributed by atoms with Gasteiger partial charge in [0.2, 0.25) is 0 Å². The molecule has 5 heteroatoms. The van der Waals surface area contributed by atoms with Gasteiger partial charge >= 0.3 is 0 Å². The Kier molecular flexibility index (Phi) is 7.03. The highest BCUT2D eigenvalue weighted by molar-refractivity contribution is 7.07. The maximum absolute atomic E-state index is 4.64. The Morgan fingerprint density at radius 1 is 1.48 bits per heavy atom. The van der Waals surface area contributed by atoms with Crippen LogP contribution < -0.4 is 10.6 Å². The smallest absolute Gasteiger partial charge is 0.191 e. The van der Waals surface area contributed by atoms with E-state index in [1.165, 1.54) is 31.5 Å². The van der Waals surface area contributed by atoms with Crippen LogP contribution in [0.3, 0.4) is 0 Å². The summed E-state index contributed by atoms with van der Waals surface area (Å²) in [6.45, 7) is 10.7. The predicted molar refractivity (Wildman–Crippen MR) is 92.0 cm³/mol. The molecule has 0 bridgehead atoms. The number of guanidine groups is 1. The van der Waals surface area contributed by atoms with Crippen LogP contribution in [0.5, 0.6) is 0 Å². The lowest BCUT2D eigenvalue weighted by molar-refractivity contribution is 0.187. The van der Waals surface area contributed by atoms with Crippen molar-refractivity contribution in [3.05, 3.63) is 22.4 Å². The van der Waals surface area contributed by atoms with E-state index in [0.29, 0.717) is 0 Å². The normalized spacial score (nSPS) is 20.5. The molecule has 0 amide bonds. The standard InChI is InChI=1S/C16H28N4S/c1-3-17-16(19-11-15-6-10-21-13-15)18-7-9-20-8-4-5-14(2)12-20/h6,10,13-14H,3-5,7-9,11-12H2,1-2H3,(H2,17,18,19). The van der Waals surface area contributed by atoms with Crippen molar-refractivity contribution in [1.29, 1.82) is 0 Å². The zero-order valence-corrected chi connectivity index (χ0v) is 14.1. The molecule has 1 aliphatic heterocycles. The monoisotopic (exact) mass is 308 g/mol. The molecule has 1 atom stereocenters. The Labute approximate surface area is 132 Å². The molecule has 2 rings (SSSR count). The van der Waals surface area contributed by atoms with Crippen molar-refractivity contribution in [2.75, 3.05) is 32.7 Å². The minimum atomic E-state index is 0.750. The number of piperidine rings is 1. The van der Waals surface area contributed by atoms with Gasteiger partial charge in [-0.1, -0.05) is 6.92 Å². The van der Waals surface area contributed by atoms with E-state index < -0.39 is 0 Å². The quantitative estimate of drug-likeness (QED) is 0.627. The van der Waals surface area contributed by atoms with Gasteiger partial charge in [0.1, 0.15) is 0 Å². The number of nitrogens with zero attached hydrogens (tertiary/aromatic N) is 2. The third kappa shape index (κ3) is 6.06. The molecule has 1 unspecified atom stereocenters. The van der Waals surface area contributed by atoms with Crippen molar-refractivity contribution in [2.24, 2.45) is 10.9 Å². The van der Waals surface area contributed by atoms with Crippen LogP contribution >= 0.6 is 11.3 Å². The molecule has 1 aromatic rings. The average molecular weight is 308 g/mol. The summed E-state index contributed by atoms with van der Waals surface area (Å²) in [5.74, 6) is 1.77. The highest BCUT2D eigenvalue weighted by Gasteiger charge is 2.15. The molecule has 118 valence electrons. The van der Waals surface area contributed by atoms with Crippen molar-refractivity contribution < 1.29 is 0 Å². The molecule has 21 heavy (non-hydrogen) atoms. The van der Waals surface area contributed by atoms with Gasteiger partial charge in [0.25, 0.3) is 0 Å². The van der Waals surface area contributed by atoms with Gasteiger partial charge in [-0.25, -0.2) is 4.99 Å². The van der Waals surface area contributed by atoms with Crippen LogP contribution in [0.4, 0.5) is 0 Å². The summed E-state index contributed by atoms with van der Waals surface area (Å²) in [6.07, 6.45) is 2.72. The first-order valence-electron chi connectivity index (χ1n) is 8.03. The molecule has 2 N–H and O–H groups in total. The fourth-order valence-corrected chi connectivity index (χ4v) is 3.38. The Bertz CT molecular complexity index is 416. The van der Waals surface area contributed by atoms with Crippen molar-refractivity contribution in [3.63, 3.8) is 0 Å². The second-order valence-corrected chi connectivity index (χ2v) is 6.58. The van der Waals surface area contributed by atoms with Crippen LogP contribution in [0.1, 0.15) is 32.3 Å². The second-order valence-electron chi connectivity index (χ2n) is 5.80. The third-order valence-corrected chi connectivity index (χ3v) is 4.54. The molecule has 1 aliphatic rings. The zero-order valence-electron chi connectivity index (χ0n) is 13.3. The number of nitrogens with one attached hydrogen (secondary N) is 2. The molecule has 0 aliphatic carbocycles. The fourth-order valence-electron chi connectivity index (χ4n) is 2.72. The van der Waals surface area contributed by atoms with Crippen molar-refractivity contribution in [1.82, 2.24) is 15.5 Å². The first-order valence-corrected chi connectivity index (χ1v) is 8.98. The molecule has 0 radical (unpaired) electrons. The number of aliphatic imine (C=N–C) groups is 1. The second kappa shape index (κ2) is 9.05. The molecule has 1 aromatic heterocycles. The summed E-state index contributed by atoms with van der Waals surface area (Å²) in [7, 11) is 0.